The molecule has 2 rings (SSSR count). The lowest BCUT2D eigenvalue weighted by Gasteiger charge is -2.06. The number of hydrogen-bond acceptors (Lipinski definition) is 2. The second-order valence-electron chi connectivity index (χ2n) is 3.69. The molecule has 0 saturated carbocycles. The van der Waals surface area contributed by atoms with Crippen molar-refractivity contribution in [3.63, 3.8) is 0 Å². The average Bonchev–Trinajstić information content (AvgIpc) is 2.38. The van der Waals surface area contributed by atoms with E-state index in [1.54, 1.807) is 30.3 Å². The predicted molar refractivity (Wildman–Crippen MR) is 68.9 cm³/mol. The minimum Gasteiger partial charge on any atom is -0.494 e. The number of benzene rings is 2. The van der Waals surface area contributed by atoms with Gasteiger partial charge < -0.3 is 4.74 Å². The molecule has 0 aliphatic heterocycles. The third kappa shape index (κ3) is 3.01. The molecule has 0 aromatic heterocycles. The first-order valence-electron chi connectivity index (χ1n) is 5.40. The number of hydrogen-bond donors (Lipinski definition) is 0. The van der Waals surface area contributed by atoms with Gasteiger partial charge in [-0.2, -0.15) is 0 Å². The van der Waals surface area contributed by atoms with E-state index in [0.29, 0.717) is 10.6 Å². The van der Waals surface area contributed by atoms with Gasteiger partial charge in [0.05, 0.1) is 7.11 Å². The Bertz CT molecular complexity index is 543. The van der Waals surface area contributed by atoms with Gasteiger partial charge in [-0.1, -0.05) is 18.2 Å². The smallest absolute Gasteiger partial charge is 0.165 e. The summed E-state index contributed by atoms with van der Waals surface area (Å²) in [6.45, 7) is 0. The molecule has 2 aromatic carbocycles. The molecule has 94 valence electrons. The lowest BCUT2D eigenvalue weighted by Crippen LogP contribution is -1.90. The van der Waals surface area contributed by atoms with E-state index in [9.17, 15) is 8.78 Å². The van der Waals surface area contributed by atoms with Crippen LogP contribution >= 0.6 is 11.8 Å². The lowest BCUT2D eigenvalue weighted by molar-refractivity contribution is 0.386. The van der Waals surface area contributed by atoms with Crippen LogP contribution in [0.25, 0.3) is 0 Å². The summed E-state index contributed by atoms with van der Waals surface area (Å²) in [7, 11) is 1.42. The van der Waals surface area contributed by atoms with Crippen molar-refractivity contribution in [2.24, 2.45) is 0 Å². The molecule has 0 unspecified atom stereocenters. The molecule has 0 bridgehead atoms. The highest BCUT2D eigenvalue weighted by Gasteiger charge is 2.05. The third-order valence-corrected chi connectivity index (χ3v) is 3.57. The van der Waals surface area contributed by atoms with Gasteiger partial charge in [0.1, 0.15) is 5.82 Å². The quantitative estimate of drug-likeness (QED) is 0.764. The molecule has 2 aromatic rings. The van der Waals surface area contributed by atoms with Crippen molar-refractivity contribution in [2.45, 2.75) is 10.6 Å². The molecular weight excluding hydrogens is 254 g/mol. The van der Waals surface area contributed by atoms with Crippen molar-refractivity contribution < 1.29 is 13.5 Å². The van der Waals surface area contributed by atoms with Crippen LogP contribution in [0.3, 0.4) is 0 Å². The van der Waals surface area contributed by atoms with Gasteiger partial charge in [0.15, 0.2) is 11.6 Å². The Morgan fingerprint density at radius 1 is 1.06 bits per heavy atom. The van der Waals surface area contributed by atoms with Crippen LogP contribution in [0.1, 0.15) is 5.56 Å². The molecule has 0 N–H and O–H groups in total. The fraction of sp³-hybridized carbons (Fsp3) is 0.143. The highest BCUT2D eigenvalue weighted by atomic mass is 32.2. The Morgan fingerprint density at radius 2 is 1.83 bits per heavy atom. The first-order valence-corrected chi connectivity index (χ1v) is 6.39. The zero-order valence-electron chi connectivity index (χ0n) is 9.82. The average molecular weight is 266 g/mol. The highest BCUT2D eigenvalue weighted by Crippen LogP contribution is 2.27. The summed E-state index contributed by atoms with van der Waals surface area (Å²) in [5.41, 5.74) is 0.793. The maximum atomic E-state index is 13.4. The topological polar surface area (TPSA) is 9.23 Å². The third-order valence-electron chi connectivity index (χ3n) is 2.45. The SMILES string of the molecule is COc1ccc(CSc2ccccc2F)cc1F. The van der Waals surface area contributed by atoms with Gasteiger partial charge in [-0.3, -0.25) is 0 Å². The van der Waals surface area contributed by atoms with Crippen LogP contribution < -0.4 is 4.74 Å². The highest BCUT2D eigenvalue weighted by molar-refractivity contribution is 7.98. The van der Waals surface area contributed by atoms with Crippen molar-refractivity contribution in [1.82, 2.24) is 0 Å². The van der Waals surface area contributed by atoms with Crippen LogP contribution in [0.4, 0.5) is 8.78 Å². The van der Waals surface area contributed by atoms with Gasteiger partial charge in [-0.05, 0) is 29.8 Å². The molecule has 0 heterocycles. The molecule has 0 aliphatic carbocycles. The summed E-state index contributed by atoms with van der Waals surface area (Å²) in [5, 5.41) is 0. The molecular formula is C14H12F2OS. The first-order chi connectivity index (χ1) is 8.70. The van der Waals surface area contributed by atoms with Gasteiger partial charge in [-0.15, -0.1) is 11.8 Å². The molecule has 0 atom stereocenters. The molecule has 4 heteroatoms. The van der Waals surface area contributed by atoms with Crippen LogP contribution in [0, 0.1) is 11.6 Å². The van der Waals surface area contributed by atoms with E-state index in [2.05, 4.69) is 0 Å². The fourth-order valence-corrected chi connectivity index (χ4v) is 2.40. The summed E-state index contributed by atoms with van der Waals surface area (Å²) in [6, 6.07) is 11.3. The summed E-state index contributed by atoms with van der Waals surface area (Å²) < 4.78 is 31.7. The molecule has 0 aliphatic rings. The maximum Gasteiger partial charge on any atom is 0.165 e. The van der Waals surface area contributed by atoms with Gasteiger partial charge >= 0.3 is 0 Å². The summed E-state index contributed by atoms with van der Waals surface area (Å²) >= 11 is 1.34. The minimum absolute atomic E-state index is 0.217. The van der Waals surface area contributed by atoms with Gasteiger partial charge in [0.2, 0.25) is 0 Å². The monoisotopic (exact) mass is 266 g/mol. The predicted octanol–water partition coefficient (Wildman–Crippen LogP) is 4.27. The summed E-state index contributed by atoms with van der Waals surface area (Å²) in [5.74, 6) is 0.0808. The van der Waals surface area contributed by atoms with Crippen LogP contribution in [0.15, 0.2) is 47.4 Å². The van der Waals surface area contributed by atoms with Gasteiger partial charge in [0.25, 0.3) is 0 Å². The molecule has 0 spiro atoms. The Balaban J connectivity index is 2.07. The Morgan fingerprint density at radius 3 is 2.50 bits per heavy atom. The van der Waals surface area contributed by atoms with E-state index >= 15 is 0 Å². The van der Waals surface area contributed by atoms with Crippen LogP contribution in [-0.4, -0.2) is 7.11 Å². The second kappa shape index (κ2) is 5.87. The lowest BCUT2D eigenvalue weighted by atomic mass is 10.2. The van der Waals surface area contributed by atoms with Crippen LogP contribution in [0.5, 0.6) is 5.75 Å². The van der Waals surface area contributed by atoms with E-state index in [4.69, 9.17) is 4.74 Å². The maximum absolute atomic E-state index is 13.4. The number of halogens is 2. The largest absolute Gasteiger partial charge is 0.494 e. The number of rotatable bonds is 4. The fourth-order valence-electron chi connectivity index (χ4n) is 1.52. The van der Waals surface area contributed by atoms with Crippen LogP contribution in [-0.2, 0) is 5.75 Å². The number of ether oxygens (including phenoxy) is 1. The Labute approximate surface area is 109 Å². The van der Waals surface area contributed by atoms with Crippen molar-refractivity contribution >= 4 is 11.8 Å². The Hall–Kier alpha value is -1.55. The van der Waals surface area contributed by atoms with Gasteiger partial charge in [0, 0.05) is 10.6 Å². The standard InChI is InChI=1S/C14H12F2OS/c1-17-13-7-6-10(8-12(13)16)9-18-14-5-3-2-4-11(14)15/h2-8H,9H2,1H3. The molecule has 0 saturated heterocycles. The first kappa shape index (κ1) is 12.9. The zero-order valence-corrected chi connectivity index (χ0v) is 10.6. The van der Waals surface area contributed by atoms with Crippen molar-refractivity contribution in [3.05, 3.63) is 59.7 Å². The molecule has 0 fully saturated rings. The van der Waals surface area contributed by atoms with E-state index in [1.807, 2.05) is 0 Å². The normalized spacial score (nSPS) is 10.4. The van der Waals surface area contributed by atoms with Crippen molar-refractivity contribution in [3.8, 4) is 5.75 Å². The Kier molecular flexibility index (Phi) is 4.20. The van der Waals surface area contributed by atoms with Crippen LogP contribution in [0.2, 0.25) is 0 Å². The number of thioether (sulfide) groups is 1. The molecule has 0 radical (unpaired) electrons. The summed E-state index contributed by atoms with van der Waals surface area (Å²) in [4.78, 5) is 0.564. The van der Waals surface area contributed by atoms with Crippen molar-refractivity contribution in [2.75, 3.05) is 7.11 Å². The molecule has 1 nitrogen and oxygen atoms in total. The van der Waals surface area contributed by atoms with Gasteiger partial charge in [-0.25, -0.2) is 8.78 Å². The van der Waals surface area contributed by atoms with Crippen molar-refractivity contribution in [1.29, 1.82) is 0 Å². The minimum atomic E-state index is -0.399. The zero-order chi connectivity index (χ0) is 13.0. The van der Waals surface area contributed by atoms with E-state index in [0.717, 1.165) is 5.56 Å². The van der Waals surface area contributed by atoms with E-state index < -0.39 is 5.82 Å². The second-order valence-corrected chi connectivity index (χ2v) is 4.71. The molecule has 18 heavy (non-hydrogen) atoms. The van der Waals surface area contributed by atoms with E-state index in [-0.39, 0.29) is 11.6 Å². The number of methoxy groups -OCH3 is 1. The van der Waals surface area contributed by atoms with E-state index in [1.165, 1.54) is 31.0 Å². The summed E-state index contributed by atoms with van der Waals surface area (Å²) in [6.07, 6.45) is 0. The molecule has 0 amide bonds.